The van der Waals surface area contributed by atoms with Crippen LogP contribution in [0.15, 0.2) is 0 Å². The van der Waals surface area contributed by atoms with E-state index in [2.05, 4.69) is 0 Å². The molecule has 1 N–H and O–H groups in total. The standard InChI is InChI=1S/C18H30N2O4/c1-18(2,3)24-17(23)20-11-9-14(20)16(22)19-10-5-7-13(19)12-6-4-8-15(12)21/h12-15,21H,4-11H2,1-3H3/t12?,13?,14-,15?/m1/s1. The molecule has 0 aromatic carbocycles. The Morgan fingerprint density at radius 1 is 1.00 bits per heavy atom. The first-order chi connectivity index (χ1) is 11.3. The number of ether oxygens (including phenoxy) is 1. The maximum Gasteiger partial charge on any atom is 0.410 e. The van der Waals surface area contributed by atoms with Crippen molar-refractivity contribution in [3.05, 3.63) is 0 Å². The minimum Gasteiger partial charge on any atom is -0.444 e. The minimum atomic E-state index is -0.551. The van der Waals surface area contributed by atoms with Crippen LogP contribution in [-0.4, -0.2) is 63.8 Å². The van der Waals surface area contributed by atoms with Crippen molar-refractivity contribution in [2.24, 2.45) is 5.92 Å². The van der Waals surface area contributed by atoms with E-state index < -0.39 is 11.7 Å². The number of aliphatic hydroxyl groups is 1. The van der Waals surface area contributed by atoms with Crippen molar-refractivity contribution < 1.29 is 19.4 Å². The van der Waals surface area contributed by atoms with Crippen LogP contribution in [0.3, 0.4) is 0 Å². The second kappa shape index (κ2) is 6.54. The Hall–Kier alpha value is -1.30. The average molecular weight is 338 g/mol. The number of amides is 2. The Balaban J connectivity index is 1.64. The molecule has 3 rings (SSSR count). The third-order valence-corrected chi connectivity index (χ3v) is 5.54. The highest BCUT2D eigenvalue weighted by Crippen LogP contribution is 2.37. The number of hydrogen-bond acceptors (Lipinski definition) is 4. The molecule has 6 nitrogen and oxygen atoms in total. The second-order valence-corrected chi connectivity index (χ2v) is 8.38. The van der Waals surface area contributed by atoms with Crippen LogP contribution >= 0.6 is 0 Å². The van der Waals surface area contributed by atoms with Crippen molar-refractivity contribution in [2.45, 2.75) is 83.1 Å². The number of likely N-dealkylation sites (tertiary alicyclic amines) is 2. The van der Waals surface area contributed by atoms with Gasteiger partial charge in [-0.1, -0.05) is 6.42 Å². The summed E-state index contributed by atoms with van der Waals surface area (Å²) >= 11 is 0. The Bertz CT molecular complexity index is 502. The molecule has 136 valence electrons. The molecule has 6 heteroatoms. The molecule has 3 unspecified atom stereocenters. The molecule has 3 aliphatic rings. The molecular weight excluding hydrogens is 308 g/mol. The van der Waals surface area contributed by atoms with E-state index in [4.69, 9.17) is 4.74 Å². The van der Waals surface area contributed by atoms with Gasteiger partial charge in [-0.05, 0) is 52.9 Å². The van der Waals surface area contributed by atoms with Gasteiger partial charge in [-0.2, -0.15) is 0 Å². The molecule has 2 saturated heterocycles. The summed E-state index contributed by atoms with van der Waals surface area (Å²) < 4.78 is 5.40. The summed E-state index contributed by atoms with van der Waals surface area (Å²) in [6.45, 7) is 6.82. The highest BCUT2D eigenvalue weighted by molar-refractivity contribution is 5.87. The Labute approximate surface area is 144 Å². The lowest BCUT2D eigenvalue weighted by atomic mass is 9.93. The van der Waals surface area contributed by atoms with Crippen molar-refractivity contribution in [2.75, 3.05) is 13.1 Å². The van der Waals surface area contributed by atoms with E-state index in [0.717, 1.165) is 38.6 Å². The molecule has 1 saturated carbocycles. The minimum absolute atomic E-state index is 0.0358. The predicted octanol–water partition coefficient (Wildman–Crippen LogP) is 2.15. The first-order valence-corrected chi connectivity index (χ1v) is 9.26. The van der Waals surface area contributed by atoms with E-state index in [0.29, 0.717) is 13.0 Å². The molecule has 4 atom stereocenters. The monoisotopic (exact) mass is 338 g/mol. The van der Waals surface area contributed by atoms with Crippen LogP contribution in [0.25, 0.3) is 0 Å². The maximum absolute atomic E-state index is 13.0. The number of hydrogen-bond donors (Lipinski definition) is 1. The average Bonchev–Trinajstić information content (AvgIpc) is 3.02. The Morgan fingerprint density at radius 2 is 1.75 bits per heavy atom. The molecule has 2 aliphatic heterocycles. The number of rotatable bonds is 2. The van der Waals surface area contributed by atoms with Crippen LogP contribution in [0.2, 0.25) is 0 Å². The molecule has 2 heterocycles. The van der Waals surface area contributed by atoms with E-state index in [1.807, 2.05) is 25.7 Å². The van der Waals surface area contributed by atoms with E-state index in [1.165, 1.54) is 0 Å². The fourth-order valence-electron chi connectivity index (χ4n) is 4.30. The summed E-state index contributed by atoms with van der Waals surface area (Å²) in [6.07, 6.45) is 4.85. The third-order valence-electron chi connectivity index (χ3n) is 5.54. The van der Waals surface area contributed by atoms with Gasteiger partial charge in [0.1, 0.15) is 11.6 Å². The van der Waals surface area contributed by atoms with Gasteiger partial charge in [0.25, 0.3) is 0 Å². The van der Waals surface area contributed by atoms with Gasteiger partial charge in [0.2, 0.25) is 5.91 Å². The lowest BCUT2D eigenvalue weighted by molar-refractivity contribution is -0.143. The zero-order valence-corrected chi connectivity index (χ0v) is 15.0. The van der Waals surface area contributed by atoms with Gasteiger partial charge in [0.15, 0.2) is 0 Å². The maximum atomic E-state index is 13.0. The largest absolute Gasteiger partial charge is 0.444 e. The van der Waals surface area contributed by atoms with Crippen LogP contribution in [0.5, 0.6) is 0 Å². The number of aliphatic hydroxyl groups excluding tert-OH is 1. The normalized spacial score (nSPS) is 33.5. The highest BCUT2D eigenvalue weighted by Gasteiger charge is 2.46. The second-order valence-electron chi connectivity index (χ2n) is 8.38. The quantitative estimate of drug-likeness (QED) is 0.837. The molecule has 0 radical (unpaired) electrons. The molecule has 1 aliphatic carbocycles. The van der Waals surface area contributed by atoms with Crippen molar-refractivity contribution in [1.82, 2.24) is 9.80 Å². The molecule has 0 spiro atoms. The smallest absolute Gasteiger partial charge is 0.410 e. The van der Waals surface area contributed by atoms with Gasteiger partial charge in [-0.25, -0.2) is 4.79 Å². The van der Waals surface area contributed by atoms with Gasteiger partial charge in [0.05, 0.1) is 6.10 Å². The van der Waals surface area contributed by atoms with Crippen molar-refractivity contribution >= 4 is 12.0 Å². The Kier molecular flexibility index (Phi) is 4.78. The van der Waals surface area contributed by atoms with Crippen molar-refractivity contribution in [1.29, 1.82) is 0 Å². The number of nitrogens with zero attached hydrogens (tertiary/aromatic N) is 2. The summed E-state index contributed by atoms with van der Waals surface area (Å²) in [4.78, 5) is 28.7. The lowest BCUT2D eigenvalue weighted by Crippen LogP contribution is -2.61. The van der Waals surface area contributed by atoms with E-state index in [-0.39, 0.29) is 30.0 Å². The van der Waals surface area contributed by atoms with E-state index in [9.17, 15) is 14.7 Å². The first kappa shape index (κ1) is 17.5. The van der Waals surface area contributed by atoms with Crippen LogP contribution in [0.4, 0.5) is 4.79 Å². The summed E-state index contributed by atoms with van der Waals surface area (Å²) in [6, 6.07) is -0.255. The SMILES string of the molecule is CC(C)(C)OC(=O)N1CC[C@@H]1C(=O)N1CCCC1C1CCCC1O. The highest BCUT2D eigenvalue weighted by atomic mass is 16.6. The zero-order valence-electron chi connectivity index (χ0n) is 15.0. The molecular formula is C18H30N2O4. The van der Waals surface area contributed by atoms with Gasteiger partial charge in [-0.3, -0.25) is 9.69 Å². The Morgan fingerprint density at radius 3 is 2.29 bits per heavy atom. The summed E-state index contributed by atoms with van der Waals surface area (Å²) in [5.74, 6) is 0.236. The lowest BCUT2D eigenvalue weighted by Gasteiger charge is -2.43. The summed E-state index contributed by atoms with van der Waals surface area (Å²) in [5, 5.41) is 10.2. The zero-order chi connectivity index (χ0) is 17.5. The van der Waals surface area contributed by atoms with Gasteiger partial charge in [0, 0.05) is 25.0 Å². The summed E-state index contributed by atoms with van der Waals surface area (Å²) in [5.41, 5.74) is -0.551. The first-order valence-electron chi connectivity index (χ1n) is 9.26. The third kappa shape index (κ3) is 3.39. The van der Waals surface area contributed by atoms with E-state index in [1.54, 1.807) is 4.90 Å². The van der Waals surface area contributed by atoms with Crippen molar-refractivity contribution in [3.8, 4) is 0 Å². The van der Waals surface area contributed by atoms with E-state index >= 15 is 0 Å². The van der Waals surface area contributed by atoms with Gasteiger partial charge < -0.3 is 14.7 Å². The topological polar surface area (TPSA) is 70.1 Å². The van der Waals surface area contributed by atoms with Gasteiger partial charge >= 0.3 is 6.09 Å². The summed E-state index contributed by atoms with van der Waals surface area (Å²) in [7, 11) is 0. The molecule has 3 fully saturated rings. The van der Waals surface area contributed by atoms with Crippen LogP contribution in [0.1, 0.15) is 59.3 Å². The number of carbonyl (C=O) groups is 2. The van der Waals surface area contributed by atoms with Gasteiger partial charge in [-0.15, -0.1) is 0 Å². The molecule has 0 aromatic heterocycles. The number of carbonyl (C=O) groups excluding carboxylic acids is 2. The predicted molar refractivity (Wildman–Crippen MR) is 89.4 cm³/mol. The van der Waals surface area contributed by atoms with Crippen LogP contribution in [0, 0.1) is 5.92 Å². The van der Waals surface area contributed by atoms with Crippen LogP contribution < -0.4 is 0 Å². The molecule has 2 amide bonds. The molecule has 24 heavy (non-hydrogen) atoms. The fourth-order valence-corrected chi connectivity index (χ4v) is 4.30. The van der Waals surface area contributed by atoms with Crippen molar-refractivity contribution in [3.63, 3.8) is 0 Å². The molecule has 0 bridgehead atoms. The van der Waals surface area contributed by atoms with Crippen LogP contribution in [-0.2, 0) is 9.53 Å². The fraction of sp³-hybridized carbons (Fsp3) is 0.889. The molecule has 0 aromatic rings.